The first-order chi connectivity index (χ1) is 13.4. The molecule has 3 rings (SSSR count). The van der Waals surface area contributed by atoms with Crippen molar-refractivity contribution >= 4 is 35.1 Å². The van der Waals surface area contributed by atoms with Crippen LogP contribution in [0.4, 0.5) is 5.69 Å². The second kappa shape index (κ2) is 8.18. The third kappa shape index (κ3) is 4.01. The molecule has 9 heteroatoms. The summed E-state index contributed by atoms with van der Waals surface area (Å²) >= 11 is 5.73. The Morgan fingerprint density at radius 1 is 1.29 bits per heavy atom. The van der Waals surface area contributed by atoms with E-state index in [1.807, 2.05) is 0 Å². The predicted octanol–water partition coefficient (Wildman–Crippen LogP) is 1.74. The summed E-state index contributed by atoms with van der Waals surface area (Å²) in [6, 6.07) is 10.7. The number of fused-ring (bicyclic) bond motifs is 1. The molecule has 28 heavy (non-hydrogen) atoms. The van der Waals surface area contributed by atoms with Crippen LogP contribution in [0.2, 0.25) is 5.02 Å². The van der Waals surface area contributed by atoms with Gasteiger partial charge in [0.25, 0.3) is 11.8 Å². The maximum atomic E-state index is 12.7. The van der Waals surface area contributed by atoms with Crippen molar-refractivity contribution < 1.29 is 29.0 Å². The van der Waals surface area contributed by atoms with Gasteiger partial charge in [-0.15, -0.1) is 0 Å². The van der Waals surface area contributed by atoms with Crippen molar-refractivity contribution in [2.24, 2.45) is 0 Å². The van der Waals surface area contributed by atoms with Crippen LogP contribution in [-0.4, -0.2) is 49.2 Å². The molecule has 1 aliphatic heterocycles. The lowest BCUT2D eigenvalue weighted by atomic mass is 10.1. The Morgan fingerprint density at radius 3 is 2.75 bits per heavy atom. The van der Waals surface area contributed by atoms with E-state index in [9.17, 15) is 19.5 Å². The van der Waals surface area contributed by atoms with Gasteiger partial charge in [-0.05, 0) is 30.3 Å². The molecule has 8 nitrogen and oxygen atoms in total. The Bertz CT molecular complexity index is 932. The summed E-state index contributed by atoms with van der Waals surface area (Å²) in [6.07, 6.45) is -0.889. The minimum Gasteiger partial charge on any atom is -0.507 e. The number of carbonyl (C=O) groups is 3. The summed E-state index contributed by atoms with van der Waals surface area (Å²) in [4.78, 5) is 38.1. The van der Waals surface area contributed by atoms with Gasteiger partial charge in [-0.2, -0.15) is 0 Å². The monoisotopic (exact) mass is 404 g/mol. The van der Waals surface area contributed by atoms with E-state index in [2.05, 4.69) is 5.32 Å². The fourth-order valence-electron chi connectivity index (χ4n) is 2.73. The van der Waals surface area contributed by atoms with E-state index < -0.39 is 24.6 Å². The number of halogens is 1. The summed E-state index contributed by atoms with van der Waals surface area (Å²) in [5, 5.41) is 12.5. The Hall–Kier alpha value is -3.26. The number of aromatic hydroxyl groups is 1. The first-order valence-corrected chi connectivity index (χ1v) is 8.71. The van der Waals surface area contributed by atoms with Crippen molar-refractivity contribution in [3.63, 3.8) is 0 Å². The van der Waals surface area contributed by atoms with Gasteiger partial charge in [-0.3, -0.25) is 9.59 Å². The van der Waals surface area contributed by atoms with Crippen molar-refractivity contribution in [1.29, 1.82) is 0 Å². The lowest BCUT2D eigenvalue weighted by molar-refractivity contribution is -0.128. The van der Waals surface area contributed by atoms with Crippen LogP contribution in [0, 0.1) is 0 Å². The molecule has 2 amide bonds. The molecule has 2 N–H and O–H groups in total. The van der Waals surface area contributed by atoms with Gasteiger partial charge in [-0.25, -0.2) is 4.79 Å². The van der Waals surface area contributed by atoms with E-state index in [-0.39, 0.29) is 28.8 Å². The van der Waals surface area contributed by atoms with Gasteiger partial charge in [-0.1, -0.05) is 23.7 Å². The van der Waals surface area contributed by atoms with Gasteiger partial charge in [0, 0.05) is 12.1 Å². The first-order valence-electron chi connectivity index (χ1n) is 8.34. The van der Waals surface area contributed by atoms with Gasteiger partial charge in [0.1, 0.15) is 17.1 Å². The number of nitrogens with zero attached hydrogens (tertiary/aromatic N) is 1. The molecule has 0 spiro atoms. The Labute approximate surface area is 165 Å². The molecule has 0 saturated heterocycles. The minimum atomic E-state index is -0.889. The number of hydrogen-bond acceptors (Lipinski definition) is 6. The number of phenolic OH excluding ortho intramolecular Hbond substituents is 1. The number of hydrogen-bond donors (Lipinski definition) is 2. The average Bonchev–Trinajstić information content (AvgIpc) is 2.70. The molecular weight excluding hydrogens is 388 g/mol. The molecule has 1 aliphatic rings. The number of esters is 1. The van der Waals surface area contributed by atoms with Crippen LogP contribution >= 0.6 is 11.6 Å². The maximum absolute atomic E-state index is 12.7. The van der Waals surface area contributed by atoms with E-state index in [4.69, 9.17) is 21.1 Å². The van der Waals surface area contributed by atoms with E-state index in [1.165, 1.54) is 30.1 Å². The molecule has 2 aromatic rings. The molecule has 1 unspecified atom stereocenters. The fourth-order valence-corrected chi connectivity index (χ4v) is 2.89. The SMILES string of the molecule is CNC(=O)C1CN(C(=O)COC(=O)c2ccc(Cl)cc2O)c2ccccc2O1. The number of benzene rings is 2. The van der Waals surface area contributed by atoms with Gasteiger partial charge >= 0.3 is 5.97 Å². The molecule has 0 radical (unpaired) electrons. The molecule has 2 aromatic carbocycles. The molecule has 0 bridgehead atoms. The average molecular weight is 405 g/mol. The zero-order valence-electron chi connectivity index (χ0n) is 14.8. The van der Waals surface area contributed by atoms with E-state index in [0.717, 1.165) is 0 Å². The summed E-state index contributed by atoms with van der Waals surface area (Å²) in [6.45, 7) is -0.602. The Kier molecular flexibility index (Phi) is 5.70. The number of para-hydroxylation sites is 2. The lowest BCUT2D eigenvalue weighted by Gasteiger charge is -2.33. The quantitative estimate of drug-likeness (QED) is 0.752. The van der Waals surface area contributed by atoms with Gasteiger partial charge < -0.3 is 24.8 Å². The third-order valence-corrected chi connectivity index (χ3v) is 4.36. The van der Waals surface area contributed by atoms with Crippen LogP contribution in [-0.2, 0) is 14.3 Å². The number of carbonyl (C=O) groups excluding carboxylic acids is 3. The summed E-state index contributed by atoms with van der Waals surface area (Å²) in [7, 11) is 1.47. The smallest absolute Gasteiger partial charge is 0.342 e. The van der Waals surface area contributed by atoms with E-state index >= 15 is 0 Å². The molecule has 0 aliphatic carbocycles. The van der Waals surface area contributed by atoms with Crippen LogP contribution in [0.25, 0.3) is 0 Å². The van der Waals surface area contributed by atoms with Crippen LogP contribution in [0.5, 0.6) is 11.5 Å². The molecule has 1 atom stereocenters. The largest absolute Gasteiger partial charge is 0.507 e. The Balaban J connectivity index is 1.74. The second-order valence-corrected chi connectivity index (χ2v) is 6.37. The molecule has 1 heterocycles. The number of nitrogens with one attached hydrogen (secondary N) is 1. The molecule has 0 aromatic heterocycles. The molecule has 146 valence electrons. The number of amides is 2. The number of anilines is 1. The zero-order valence-corrected chi connectivity index (χ0v) is 15.6. The molecular formula is C19H17ClN2O6. The minimum absolute atomic E-state index is 0.0285. The first kappa shape index (κ1) is 19.5. The highest BCUT2D eigenvalue weighted by atomic mass is 35.5. The number of likely N-dealkylation sites (N-methyl/N-ethyl adjacent to an activating group) is 1. The van der Waals surface area contributed by atoms with Crippen LogP contribution in [0.1, 0.15) is 10.4 Å². The zero-order chi connectivity index (χ0) is 20.3. The highest BCUT2D eigenvalue weighted by molar-refractivity contribution is 6.30. The van der Waals surface area contributed by atoms with E-state index in [1.54, 1.807) is 24.3 Å². The number of phenols is 1. The summed E-state index contributed by atoms with van der Waals surface area (Å²) in [5.74, 6) is -1.76. The van der Waals surface area contributed by atoms with Crippen molar-refractivity contribution in [2.75, 3.05) is 25.1 Å². The van der Waals surface area contributed by atoms with Crippen molar-refractivity contribution in [3.8, 4) is 11.5 Å². The molecule has 0 fully saturated rings. The van der Waals surface area contributed by atoms with Crippen LogP contribution in [0.3, 0.4) is 0 Å². The standard InChI is InChI=1S/C19H17ClN2O6/c1-21-18(25)16-9-22(13-4-2-3-5-15(13)28-16)17(24)10-27-19(26)12-7-6-11(20)8-14(12)23/h2-8,16,23H,9-10H2,1H3,(H,21,25). The van der Waals surface area contributed by atoms with Crippen LogP contribution < -0.4 is 15.0 Å². The highest BCUT2D eigenvalue weighted by Crippen LogP contribution is 2.33. The normalized spacial score (nSPS) is 15.2. The fraction of sp³-hybridized carbons (Fsp3) is 0.211. The Morgan fingerprint density at radius 2 is 2.04 bits per heavy atom. The van der Waals surface area contributed by atoms with Gasteiger partial charge in [0.2, 0.25) is 0 Å². The van der Waals surface area contributed by atoms with Crippen molar-refractivity contribution in [2.45, 2.75) is 6.10 Å². The lowest BCUT2D eigenvalue weighted by Crippen LogP contribution is -2.51. The van der Waals surface area contributed by atoms with Crippen molar-refractivity contribution in [3.05, 3.63) is 53.1 Å². The van der Waals surface area contributed by atoms with E-state index in [0.29, 0.717) is 11.4 Å². The summed E-state index contributed by atoms with van der Waals surface area (Å²) in [5.41, 5.74) is 0.362. The predicted molar refractivity (Wildman–Crippen MR) is 101 cm³/mol. The maximum Gasteiger partial charge on any atom is 0.342 e. The summed E-state index contributed by atoms with van der Waals surface area (Å²) < 4.78 is 10.7. The second-order valence-electron chi connectivity index (χ2n) is 5.93. The van der Waals surface area contributed by atoms with Gasteiger partial charge in [0.15, 0.2) is 12.7 Å². The van der Waals surface area contributed by atoms with Gasteiger partial charge in [0.05, 0.1) is 12.2 Å². The topological polar surface area (TPSA) is 105 Å². The number of ether oxygens (including phenoxy) is 2. The van der Waals surface area contributed by atoms with Crippen molar-refractivity contribution in [1.82, 2.24) is 5.32 Å². The highest BCUT2D eigenvalue weighted by Gasteiger charge is 2.33. The number of rotatable bonds is 4. The molecule has 0 saturated carbocycles. The van der Waals surface area contributed by atoms with Crippen LogP contribution in [0.15, 0.2) is 42.5 Å². The third-order valence-electron chi connectivity index (χ3n) is 4.12.